The molecule has 0 aromatic heterocycles. The van der Waals surface area contributed by atoms with Crippen LogP contribution in [0.3, 0.4) is 0 Å². The smallest absolute Gasteiger partial charge is 0.0540 e. The highest BCUT2D eigenvalue weighted by Gasteiger charge is 2.22. The lowest BCUT2D eigenvalue weighted by atomic mass is 9.96. The van der Waals surface area contributed by atoms with Crippen molar-refractivity contribution in [3.8, 4) is 66.8 Å². The zero-order valence-electron chi connectivity index (χ0n) is 63.5. The summed E-state index contributed by atoms with van der Waals surface area (Å²) in [5, 5.41) is 2.88. The number of hydrogen-bond donors (Lipinski definition) is 0. The third kappa shape index (κ3) is 19.7. The number of benzene rings is 18. The van der Waals surface area contributed by atoms with E-state index in [4.69, 9.17) is 46.4 Å². The molecule has 0 heterocycles. The second kappa shape index (κ2) is 38.7. The molecule has 0 amide bonds. The summed E-state index contributed by atoms with van der Waals surface area (Å²) in [7, 11) is 0. The third-order valence-corrected chi connectivity index (χ3v) is 20.6. The summed E-state index contributed by atoms with van der Waals surface area (Å²) in [4.78, 5) is 8.95. The Kier molecular flexibility index (Phi) is 25.9. The van der Waals surface area contributed by atoms with Gasteiger partial charge in [0.15, 0.2) is 0 Å². The molecule has 0 aliphatic heterocycles. The third-order valence-electron chi connectivity index (χ3n) is 19.7. The van der Waals surface area contributed by atoms with Crippen LogP contribution < -0.4 is 19.6 Å². The van der Waals surface area contributed by atoms with E-state index in [2.05, 4.69) is 353 Å². The van der Waals surface area contributed by atoms with E-state index in [9.17, 15) is 0 Å². The monoisotopic (exact) mass is 1570 g/mol. The molecule has 0 atom stereocenters. The molecule has 0 N–H and O–H groups in total. The molecule has 0 spiro atoms. The molecule has 0 radical (unpaired) electrons. The van der Waals surface area contributed by atoms with Gasteiger partial charge < -0.3 is 19.6 Å². The van der Waals surface area contributed by atoms with Crippen molar-refractivity contribution in [2.45, 2.75) is 0 Å². The van der Waals surface area contributed by atoms with Gasteiger partial charge in [0.2, 0.25) is 0 Å². The first kappa shape index (κ1) is 77.6. The molecular formula is C108H80Cl4N4. The number of hydrogen-bond acceptors (Lipinski definition) is 4. The fourth-order valence-corrected chi connectivity index (χ4v) is 14.9. The van der Waals surface area contributed by atoms with Gasteiger partial charge in [-0.05, 0) is 219 Å². The van der Waals surface area contributed by atoms with E-state index in [0.717, 1.165) is 89.4 Å². The van der Waals surface area contributed by atoms with Gasteiger partial charge in [-0.2, -0.15) is 0 Å². The average Bonchev–Trinajstić information content (AvgIpc) is 0.794. The Morgan fingerprint density at radius 1 is 0.121 bits per heavy atom. The van der Waals surface area contributed by atoms with E-state index in [0.29, 0.717) is 10.0 Å². The van der Waals surface area contributed by atoms with Gasteiger partial charge >= 0.3 is 0 Å². The first-order chi connectivity index (χ1) is 57.2. The predicted octanol–water partition coefficient (Wildman–Crippen LogP) is 33.2. The molecule has 18 rings (SSSR count). The summed E-state index contributed by atoms with van der Waals surface area (Å²) in [6.45, 7) is 0. The van der Waals surface area contributed by atoms with E-state index in [1.54, 1.807) is 0 Å². The van der Waals surface area contributed by atoms with Crippen molar-refractivity contribution in [2.24, 2.45) is 0 Å². The Balaban J connectivity index is 0.000000124. The topological polar surface area (TPSA) is 13.0 Å². The van der Waals surface area contributed by atoms with Gasteiger partial charge in [-0.3, -0.25) is 0 Å². The highest BCUT2D eigenvalue weighted by molar-refractivity contribution is 6.32. The van der Waals surface area contributed by atoms with E-state index >= 15 is 0 Å². The molecule has 116 heavy (non-hydrogen) atoms. The lowest BCUT2D eigenvalue weighted by Crippen LogP contribution is -2.11. The van der Waals surface area contributed by atoms with Crippen molar-refractivity contribution >= 4 is 115 Å². The standard InChI is InChI=1S/C36H26ClN.C30H22ClN.C24H18ClN.C18H14ClN/c37-32-17-10-18-34(26-32)38(33-22-19-29(20-23-33)27-11-4-1-5-12-27)36-24-21-31(28-13-6-2-7-14-28)25-35(36)30-15-8-3-9-16-30;31-26-14-9-15-28(22-26)32(27-20-18-24(19-21-27)23-10-3-1-4-11-23)30-17-8-7-16-29(30)25-12-5-2-6-13-25;25-21-10-7-13-24(18-21)26(22-11-5-2-6-12-22)23-16-14-20(15-17-23)19-8-3-1-4-9-19;19-15-8-7-13-18(14-15)20(16-9-3-1-4-10-16)17-11-5-2-6-12-17/h1-26H;1-22H;1-18H;1-14H. The minimum Gasteiger partial charge on any atom is -0.310 e. The highest BCUT2D eigenvalue weighted by Crippen LogP contribution is 2.46. The fourth-order valence-electron chi connectivity index (χ4n) is 14.2. The van der Waals surface area contributed by atoms with Crippen LogP contribution >= 0.6 is 46.4 Å². The Labute approximate surface area is 701 Å². The number of nitrogens with zero attached hydrogens (tertiary/aromatic N) is 4. The molecule has 0 unspecified atom stereocenters. The summed E-state index contributed by atoms with van der Waals surface area (Å²) in [5.74, 6) is 0. The van der Waals surface area contributed by atoms with Crippen molar-refractivity contribution in [1.29, 1.82) is 0 Å². The Hall–Kier alpha value is -13.7. The van der Waals surface area contributed by atoms with Gasteiger partial charge in [0, 0.05) is 88.1 Å². The molecule has 0 aliphatic rings. The molecule has 8 heteroatoms. The largest absolute Gasteiger partial charge is 0.310 e. The molecule has 18 aromatic rings. The summed E-state index contributed by atoms with van der Waals surface area (Å²) in [5.41, 5.74) is 27.1. The summed E-state index contributed by atoms with van der Waals surface area (Å²) in [6, 6.07) is 167. The van der Waals surface area contributed by atoms with Crippen LogP contribution in [-0.4, -0.2) is 0 Å². The molecule has 0 aliphatic carbocycles. The Bertz CT molecular complexity index is 6060. The number of anilines is 12. The lowest BCUT2D eigenvalue weighted by molar-refractivity contribution is 1.28. The number of rotatable bonds is 18. The van der Waals surface area contributed by atoms with E-state index in [-0.39, 0.29) is 0 Å². The van der Waals surface area contributed by atoms with Crippen LogP contribution in [0.1, 0.15) is 0 Å². The highest BCUT2D eigenvalue weighted by atomic mass is 35.5. The van der Waals surface area contributed by atoms with Crippen LogP contribution in [0, 0.1) is 0 Å². The van der Waals surface area contributed by atoms with Gasteiger partial charge in [-0.1, -0.05) is 368 Å². The van der Waals surface area contributed by atoms with Gasteiger partial charge in [0.1, 0.15) is 0 Å². The molecule has 0 bridgehead atoms. The van der Waals surface area contributed by atoms with Gasteiger partial charge in [0.25, 0.3) is 0 Å². The van der Waals surface area contributed by atoms with Crippen LogP contribution in [0.15, 0.2) is 485 Å². The summed E-state index contributed by atoms with van der Waals surface area (Å²) < 4.78 is 0. The van der Waals surface area contributed by atoms with Crippen molar-refractivity contribution in [2.75, 3.05) is 19.6 Å². The maximum Gasteiger partial charge on any atom is 0.0540 e. The predicted molar refractivity (Wildman–Crippen MR) is 497 cm³/mol. The molecule has 4 nitrogen and oxygen atoms in total. The van der Waals surface area contributed by atoms with E-state index < -0.39 is 0 Å². The Morgan fingerprint density at radius 3 is 0.638 bits per heavy atom. The van der Waals surface area contributed by atoms with Crippen LogP contribution in [0.5, 0.6) is 0 Å². The Morgan fingerprint density at radius 2 is 0.328 bits per heavy atom. The molecule has 560 valence electrons. The van der Waals surface area contributed by atoms with E-state index in [1.165, 1.54) is 55.6 Å². The molecule has 0 saturated carbocycles. The number of para-hydroxylation sites is 4. The fraction of sp³-hybridized carbons (Fsp3) is 0. The SMILES string of the molecule is Clc1cccc(N(c2ccc(-c3ccccc3)cc2)c2ccc(-c3ccccc3)cc2-c2ccccc2)c1.Clc1cccc(N(c2ccc(-c3ccccc3)cc2)c2ccccc2-c2ccccc2)c1.Clc1cccc(N(c2ccccc2)c2ccc(-c3ccccc3)cc2)c1.Clc1cccc(N(c2ccccc2)c2ccccc2)c1. The van der Waals surface area contributed by atoms with Crippen molar-refractivity contribution in [1.82, 2.24) is 0 Å². The molecular weight excluding hydrogens is 1500 g/mol. The zero-order valence-corrected chi connectivity index (χ0v) is 66.5. The van der Waals surface area contributed by atoms with Crippen LogP contribution in [0.4, 0.5) is 68.2 Å². The average molecular weight is 1580 g/mol. The first-order valence-electron chi connectivity index (χ1n) is 38.5. The maximum absolute atomic E-state index is 6.50. The molecule has 0 fully saturated rings. The van der Waals surface area contributed by atoms with Crippen molar-refractivity contribution in [3.63, 3.8) is 0 Å². The lowest BCUT2D eigenvalue weighted by Gasteiger charge is -2.28. The normalized spacial score (nSPS) is 10.6. The number of halogens is 4. The van der Waals surface area contributed by atoms with Crippen LogP contribution in [0.25, 0.3) is 66.8 Å². The summed E-state index contributed by atoms with van der Waals surface area (Å²) >= 11 is 25.3. The maximum atomic E-state index is 6.50. The van der Waals surface area contributed by atoms with Crippen molar-refractivity contribution in [3.05, 3.63) is 505 Å². The molecule has 0 saturated heterocycles. The second-order valence-corrected chi connectivity index (χ2v) is 29.1. The quantitative estimate of drug-likeness (QED) is 0.0849. The van der Waals surface area contributed by atoms with Crippen LogP contribution in [-0.2, 0) is 0 Å². The summed E-state index contributed by atoms with van der Waals surface area (Å²) in [6.07, 6.45) is 0. The minimum atomic E-state index is 0.704. The minimum absolute atomic E-state index is 0.704. The molecule has 18 aromatic carbocycles. The second-order valence-electron chi connectivity index (χ2n) is 27.4. The van der Waals surface area contributed by atoms with Gasteiger partial charge in [-0.15, -0.1) is 0 Å². The van der Waals surface area contributed by atoms with Crippen LogP contribution in [0.2, 0.25) is 20.1 Å². The van der Waals surface area contributed by atoms with Crippen molar-refractivity contribution < 1.29 is 0 Å². The van der Waals surface area contributed by atoms with Gasteiger partial charge in [-0.25, -0.2) is 0 Å². The van der Waals surface area contributed by atoms with E-state index in [1.807, 2.05) is 152 Å². The zero-order chi connectivity index (χ0) is 79.0. The van der Waals surface area contributed by atoms with Gasteiger partial charge in [0.05, 0.1) is 11.4 Å². The first-order valence-corrected chi connectivity index (χ1v) is 40.0.